The number of nitrogens with zero attached hydrogens (tertiary/aromatic N) is 2. The average Bonchev–Trinajstić information content (AvgIpc) is 2.76. The molecule has 8 heteroatoms. The average molecular weight is 413 g/mol. The Balaban J connectivity index is 1.67. The molecule has 0 aliphatic heterocycles. The van der Waals surface area contributed by atoms with Crippen molar-refractivity contribution in [3.63, 3.8) is 0 Å². The van der Waals surface area contributed by atoms with Crippen LogP contribution in [0.2, 0.25) is 0 Å². The minimum absolute atomic E-state index is 0.1000. The van der Waals surface area contributed by atoms with Crippen LogP contribution in [-0.2, 0) is 17.9 Å². The molecule has 0 fully saturated rings. The van der Waals surface area contributed by atoms with Crippen molar-refractivity contribution in [1.29, 1.82) is 0 Å². The lowest BCUT2D eigenvalue weighted by Crippen LogP contribution is -2.27. The van der Waals surface area contributed by atoms with E-state index < -0.39 is 0 Å². The summed E-state index contributed by atoms with van der Waals surface area (Å²) in [6.07, 6.45) is 0. The molecule has 0 bridgehead atoms. The van der Waals surface area contributed by atoms with Crippen LogP contribution >= 0.6 is 11.8 Å². The number of aryl methyl sites for hydroxylation is 1. The van der Waals surface area contributed by atoms with Crippen molar-refractivity contribution >= 4 is 28.7 Å². The summed E-state index contributed by atoms with van der Waals surface area (Å²) in [5.74, 6) is 1.23. The highest BCUT2D eigenvalue weighted by molar-refractivity contribution is 7.99. The zero-order valence-electron chi connectivity index (χ0n) is 16.6. The number of carbonyl (C=O) groups is 1. The number of nitrogens with one attached hydrogen (secondary N) is 1. The van der Waals surface area contributed by atoms with Gasteiger partial charge in [-0.2, -0.15) is 0 Å². The molecule has 29 heavy (non-hydrogen) atoms. The van der Waals surface area contributed by atoms with E-state index in [1.165, 1.54) is 0 Å². The maximum Gasteiger partial charge on any atom is 0.283 e. The van der Waals surface area contributed by atoms with Crippen molar-refractivity contribution in [1.82, 2.24) is 14.9 Å². The van der Waals surface area contributed by atoms with Crippen molar-refractivity contribution in [2.45, 2.75) is 25.0 Å². The number of thioether (sulfide) groups is 1. The van der Waals surface area contributed by atoms with Crippen LogP contribution in [0.15, 0.2) is 52.3 Å². The Labute approximate surface area is 173 Å². The fourth-order valence-electron chi connectivity index (χ4n) is 2.95. The molecule has 2 aromatic carbocycles. The van der Waals surface area contributed by atoms with E-state index in [1.54, 1.807) is 24.9 Å². The van der Waals surface area contributed by atoms with Crippen LogP contribution in [0.1, 0.15) is 12.5 Å². The van der Waals surface area contributed by atoms with Gasteiger partial charge in [-0.15, -0.1) is 0 Å². The molecular formula is C21H23N3O4S. The number of hydrogen-bond donors (Lipinski definition) is 1. The number of amides is 1. The van der Waals surface area contributed by atoms with Crippen molar-refractivity contribution in [2.24, 2.45) is 0 Å². The summed E-state index contributed by atoms with van der Waals surface area (Å²) in [5, 5.41) is 3.17. The van der Waals surface area contributed by atoms with E-state index in [0.29, 0.717) is 29.6 Å². The smallest absolute Gasteiger partial charge is 0.283 e. The fourth-order valence-corrected chi connectivity index (χ4v) is 3.72. The molecule has 1 aromatic heterocycles. The molecule has 3 aromatic rings. The van der Waals surface area contributed by atoms with E-state index in [0.717, 1.165) is 28.4 Å². The first-order valence-electron chi connectivity index (χ1n) is 9.17. The Kier molecular flexibility index (Phi) is 6.77. The quantitative estimate of drug-likeness (QED) is 0.572. The topological polar surface area (TPSA) is 82.5 Å². The SMILES string of the molecule is CCn1c(=O)c(SCC(=O)NCc2ccc(OC)cc2OC)nc2ccccc21. The number of benzene rings is 2. The van der Waals surface area contributed by atoms with Crippen molar-refractivity contribution in [3.05, 3.63) is 58.4 Å². The summed E-state index contributed by atoms with van der Waals surface area (Å²) < 4.78 is 12.2. The van der Waals surface area contributed by atoms with Crippen LogP contribution in [0, 0.1) is 0 Å². The van der Waals surface area contributed by atoms with Crippen molar-refractivity contribution in [2.75, 3.05) is 20.0 Å². The maximum atomic E-state index is 12.7. The van der Waals surface area contributed by atoms with Crippen LogP contribution < -0.4 is 20.3 Å². The molecule has 1 N–H and O–H groups in total. The Morgan fingerprint density at radius 1 is 1.17 bits per heavy atom. The molecule has 3 rings (SSSR count). The number of aromatic nitrogens is 2. The molecule has 0 radical (unpaired) electrons. The zero-order valence-corrected chi connectivity index (χ0v) is 17.4. The summed E-state index contributed by atoms with van der Waals surface area (Å²) in [6, 6.07) is 12.9. The number of methoxy groups -OCH3 is 2. The van der Waals surface area contributed by atoms with Gasteiger partial charge in [0.05, 0.1) is 31.0 Å². The maximum absolute atomic E-state index is 12.7. The van der Waals surface area contributed by atoms with Gasteiger partial charge in [-0.1, -0.05) is 23.9 Å². The van der Waals surface area contributed by atoms with Gasteiger partial charge in [0.1, 0.15) is 11.5 Å². The molecule has 0 atom stereocenters. The Hall–Kier alpha value is -3.00. The lowest BCUT2D eigenvalue weighted by Gasteiger charge is -2.12. The van der Waals surface area contributed by atoms with E-state index in [4.69, 9.17) is 9.47 Å². The van der Waals surface area contributed by atoms with Gasteiger partial charge in [-0.25, -0.2) is 4.98 Å². The van der Waals surface area contributed by atoms with Gasteiger partial charge in [0.2, 0.25) is 5.91 Å². The van der Waals surface area contributed by atoms with E-state index >= 15 is 0 Å². The van der Waals surface area contributed by atoms with Crippen molar-refractivity contribution in [3.8, 4) is 11.5 Å². The first-order chi connectivity index (χ1) is 14.1. The predicted molar refractivity (Wildman–Crippen MR) is 114 cm³/mol. The molecule has 7 nitrogen and oxygen atoms in total. The lowest BCUT2D eigenvalue weighted by molar-refractivity contribution is -0.118. The van der Waals surface area contributed by atoms with Crippen LogP contribution in [-0.4, -0.2) is 35.4 Å². The third-order valence-electron chi connectivity index (χ3n) is 4.45. The van der Waals surface area contributed by atoms with E-state index in [2.05, 4.69) is 10.3 Å². The van der Waals surface area contributed by atoms with E-state index in [9.17, 15) is 9.59 Å². The van der Waals surface area contributed by atoms with E-state index in [1.807, 2.05) is 43.3 Å². The molecule has 0 aliphatic rings. The van der Waals surface area contributed by atoms with Gasteiger partial charge < -0.3 is 19.4 Å². The largest absolute Gasteiger partial charge is 0.497 e. The van der Waals surface area contributed by atoms with E-state index in [-0.39, 0.29) is 17.2 Å². The summed E-state index contributed by atoms with van der Waals surface area (Å²) in [5.41, 5.74) is 2.19. The highest BCUT2D eigenvalue weighted by Gasteiger charge is 2.13. The Morgan fingerprint density at radius 2 is 1.97 bits per heavy atom. The zero-order chi connectivity index (χ0) is 20.8. The van der Waals surface area contributed by atoms with Gasteiger partial charge in [-0.3, -0.25) is 9.59 Å². The van der Waals surface area contributed by atoms with Crippen LogP contribution in [0.25, 0.3) is 11.0 Å². The first kappa shape index (κ1) is 20.7. The molecule has 0 saturated carbocycles. The minimum Gasteiger partial charge on any atom is -0.497 e. The fraction of sp³-hybridized carbons (Fsp3) is 0.286. The predicted octanol–water partition coefficient (Wildman–Crippen LogP) is 2.84. The van der Waals surface area contributed by atoms with Gasteiger partial charge in [-0.05, 0) is 31.2 Å². The van der Waals surface area contributed by atoms with Gasteiger partial charge in [0, 0.05) is 24.7 Å². The molecule has 0 aliphatic carbocycles. The van der Waals surface area contributed by atoms with Crippen molar-refractivity contribution < 1.29 is 14.3 Å². The third kappa shape index (κ3) is 4.71. The Bertz CT molecular complexity index is 1080. The number of ether oxygens (including phenoxy) is 2. The van der Waals surface area contributed by atoms with Crippen LogP contribution in [0.4, 0.5) is 0 Å². The summed E-state index contributed by atoms with van der Waals surface area (Å²) in [4.78, 5) is 29.4. The number of rotatable bonds is 8. The highest BCUT2D eigenvalue weighted by atomic mass is 32.2. The standard InChI is InChI=1S/C21H23N3O4S/c1-4-24-17-8-6-5-7-16(17)23-20(21(24)26)29-13-19(25)22-12-14-9-10-15(27-2)11-18(14)28-3/h5-11H,4,12-13H2,1-3H3,(H,22,25). The molecule has 1 heterocycles. The summed E-state index contributed by atoms with van der Waals surface area (Å²) >= 11 is 1.14. The van der Waals surface area contributed by atoms with Gasteiger partial charge >= 0.3 is 0 Å². The summed E-state index contributed by atoms with van der Waals surface area (Å²) in [6.45, 7) is 2.77. The van der Waals surface area contributed by atoms with Crippen LogP contribution in [0.3, 0.4) is 0 Å². The Morgan fingerprint density at radius 3 is 2.69 bits per heavy atom. The lowest BCUT2D eigenvalue weighted by atomic mass is 10.2. The second-order valence-corrected chi connectivity index (χ2v) is 7.16. The minimum atomic E-state index is -0.190. The number of fused-ring (bicyclic) bond motifs is 1. The third-order valence-corrected chi connectivity index (χ3v) is 5.39. The van der Waals surface area contributed by atoms with Gasteiger partial charge in [0.25, 0.3) is 5.56 Å². The number of carbonyl (C=O) groups excluding carboxylic acids is 1. The normalized spacial score (nSPS) is 10.7. The molecule has 152 valence electrons. The summed E-state index contributed by atoms with van der Waals surface area (Å²) in [7, 11) is 3.15. The molecule has 1 amide bonds. The molecule has 0 unspecified atom stereocenters. The molecule has 0 saturated heterocycles. The number of para-hydroxylation sites is 2. The molecular weight excluding hydrogens is 390 g/mol. The van der Waals surface area contributed by atoms with Crippen LogP contribution in [0.5, 0.6) is 11.5 Å². The number of hydrogen-bond acceptors (Lipinski definition) is 6. The van der Waals surface area contributed by atoms with Gasteiger partial charge in [0.15, 0.2) is 5.03 Å². The second kappa shape index (κ2) is 9.47. The molecule has 0 spiro atoms. The first-order valence-corrected chi connectivity index (χ1v) is 10.2. The highest BCUT2D eigenvalue weighted by Crippen LogP contribution is 2.24. The second-order valence-electron chi connectivity index (χ2n) is 6.20. The monoisotopic (exact) mass is 413 g/mol.